The molecule has 4 rings (SSSR count). The van der Waals surface area contributed by atoms with Gasteiger partial charge in [-0.15, -0.1) is 0 Å². The summed E-state index contributed by atoms with van der Waals surface area (Å²) < 4.78 is 25.8. The van der Waals surface area contributed by atoms with E-state index in [0.717, 1.165) is 38.1 Å². The molecule has 0 saturated carbocycles. The van der Waals surface area contributed by atoms with Gasteiger partial charge in [-0.25, -0.2) is 8.42 Å². The molecular weight excluding hydrogens is 428 g/mol. The van der Waals surface area contributed by atoms with Crippen molar-refractivity contribution in [3.8, 4) is 0 Å². The molecular formula is C22H26N6O3S. The van der Waals surface area contributed by atoms with Crippen LogP contribution < -0.4 is 10.0 Å². The first kappa shape index (κ1) is 22.0. The Hall–Kier alpha value is -3.21. The van der Waals surface area contributed by atoms with E-state index in [-0.39, 0.29) is 11.6 Å². The molecule has 2 aromatic carbocycles. The lowest BCUT2D eigenvalue weighted by Crippen LogP contribution is -2.43. The summed E-state index contributed by atoms with van der Waals surface area (Å²) in [5.74, 6) is -0.383. The maximum absolute atomic E-state index is 12.8. The fraction of sp³-hybridized carbons (Fsp3) is 0.273. The molecule has 9 nitrogen and oxygen atoms in total. The molecule has 10 heteroatoms. The summed E-state index contributed by atoms with van der Waals surface area (Å²) in [6, 6.07) is 12.6. The highest BCUT2D eigenvalue weighted by atomic mass is 32.2. The molecule has 1 aliphatic rings. The number of rotatable bonds is 7. The summed E-state index contributed by atoms with van der Waals surface area (Å²) in [6.07, 6.45) is 0. The highest BCUT2D eigenvalue weighted by Gasteiger charge is 2.17. The van der Waals surface area contributed by atoms with Crippen molar-refractivity contribution in [3.63, 3.8) is 0 Å². The van der Waals surface area contributed by atoms with Crippen molar-refractivity contribution in [1.29, 1.82) is 0 Å². The number of aromatic amines is 1. The van der Waals surface area contributed by atoms with Crippen molar-refractivity contribution in [2.75, 3.05) is 43.3 Å². The molecule has 168 valence electrons. The standard InChI is InChI=1S/C22H26N6O3S/c1-3-32(30,31)26-18-8-9-20-19(14-18)21(25-24-20)22(29)23-17-6-4-16(5-7-17)15-28-12-10-27(2)11-13-28/h3-9,14,26H,1,10-13,15H2,2H3,(H,23,29)(H,24,25). The van der Waals surface area contributed by atoms with E-state index in [4.69, 9.17) is 0 Å². The van der Waals surface area contributed by atoms with Gasteiger partial charge in [-0.3, -0.25) is 19.5 Å². The van der Waals surface area contributed by atoms with Crippen LogP contribution >= 0.6 is 0 Å². The molecule has 2 heterocycles. The van der Waals surface area contributed by atoms with Gasteiger partial charge in [-0.1, -0.05) is 18.7 Å². The van der Waals surface area contributed by atoms with Crippen LogP contribution in [-0.4, -0.2) is 67.5 Å². The topological polar surface area (TPSA) is 110 Å². The third kappa shape index (κ3) is 5.16. The average molecular weight is 455 g/mol. The largest absolute Gasteiger partial charge is 0.321 e. The number of hydrogen-bond acceptors (Lipinski definition) is 6. The second-order valence-corrected chi connectivity index (χ2v) is 9.50. The molecule has 0 unspecified atom stereocenters. The van der Waals surface area contributed by atoms with E-state index in [0.29, 0.717) is 22.3 Å². The monoisotopic (exact) mass is 454 g/mol. The van der Waals surface area contributed by atoms with Crippen LogP contribution in [0.3, 0.4) is 0 Å². The first-order chi connectivity index (χ1) is 15.3. The molecule has 32 heavy (non-hydrogen) atoms. The molecule has 1 aliphatic heterocycles. The van der Waals surface area contributed by atoms with Gasteiger partial charge in [0.05, 0.1) is 5.52 Å². The summed E-state index contributed by atoms with van der Waals surface area (Å²) in [6.45, 7) is 8.40. The fourth-order valence-electron chi connectivity index (χ4n) is 3.60. The minimum absolute atomic E-state index is 0.182. The fourth-order valence-corrected chi connectivity index (χ4v) is 4.14. The zero-order chi connectivity index (χ0) is 22.7. The van der Waals surface area contributed by atoms with Crippen LogP contribution in [0.25, 0.3) is 10.9 Å². The first-order valence-electron chi connectivity index (χ1n) is 10.3. The number of aromatic nitrogens is 2. The second kappa shape index (κ2) is 9.11. The van der Waals surface area contributed by atoms with E-state index in [1.165, 1.54) is 5.56 Å². The Morgan fingerprint density at radius 1 is 1.12 bits per heavy atom. The molecule has 3 aromatic rings. The van der Waals surface area contributed by atoms with Crippen molar-refractivity contribution >= 4 is 38.2 Å². The highest BCUT2D eigenvalue weighted by molar-refractivity contribution is 7.95. The maximum Gasteiger partial charge on any atom is 0.276 e. The third-order valence-corrected chi connectivity index (χ3v) is 6.43. The molecule has 1 fully saturated rings. The van der Waals surface area contributed by atoms with Gasteiger partial charge in [0, 0.05) is 54.9 Å². The Bertz CT molecular complexity index is 1230. The number of anilines is 2. The van der Waals surface area contributed by atoms with Crippen molar-refractivity contribution < 1.29 is 13.2 Å². The number of nitrogens with one attached hydrogen (secondary N) is 3. The van der Waals surface area contributed by atoms with Crippen LogP contribution in [0.2, 0.25) is 0 Å². The molecule has 3 N–H and O–H groups in total. The van der Waals surface area contributed by atoms with E-state index in [1.54, 1.807) is 18.2 Å². The Morgan fingerprint density at radius 2 is 1.81 bits per heavy atom. The number of nitrogens with zero attached hydrogens (tertiary/aromatic N) is 3. The maximum atomic E-state index is 12.8. The Kier molecular flexibility index (Phi) is 6.26. The van der Waals surface area contributed by atoms with Crippen LogP contribution in [0.5, 0.6) is 0 Å². The van der Waals surface area contributed by atoms with Crippen molar-refractivity contribution in [2.24, 2.45) is 0 Å². The summed E-state index contributed by atoms with van der Waals surface area (Å²) in [5.41, 5.74) is 2.98. The number of hydrogen-bond donors (Lipinski definition) is 3. The van der Waals surface area contributed by atoms with Crippen LogP contribution in [-0.2, 0) is 16.6 Å². The van der Waals surface area contributed by atoms with Gasteiger partial charge in [-0.05, 0) is 42.9 Å². The number of amides is 1. The van der Waals surface area contributed by atoms with Gasteiger partial charge in [0.25, 0.3) is 15.9 Å². The van der Waals surface area contributed by atoms with Crippen LogP contribution in [0.4, 0.5) is 11.4 Å². The van der Waals surface area contributed by atoms with Crippen LogP contribution in [0.15, 0.2) is 54.5 Å². The molecule has 0 spiro atoms. The molecule has 0 radical (unpaired) electrons. The number of carbonyl (C=O) groups excluding carboxylic acids is 1. The van der Waals surface area contributed by atoms with E-state index in [2.05, 4.69) is 43.7 Å². The SMILES string of the molecule is C=CS(=O)(=O)Nc1ccc2[nH]nc(C(=O)Nc3ccc(CN4CCN(C)CC4)cc3)c2c1. The first-order valence-corrected chi connectivity index (χ1v) is 11.8. The van der Waals surface area contributed by atoms with E-state index in [9.17, 15) is 13.2 Å². The van der Waals surface area contributed by atoms with Gasteiger partial charge in [0.15, 0.2) is 5.69 Å². The quantitative estimate of drug-likeness (QED) is 0.506. The molecule has 1 aromatic heterocycles. The molecule has 0 aliphatic carbocycles. The van der Waals surface area contributed by atoms with Gasteiger partial charge in [0.2, 0.25) is 0 Å². The van der Waals surface area contributed by atoms with Gasteiger partial charge >= 0.3 is 0 Å². The Morgan fingerprint density at radius 3 is 2.50 bits per heavy atom. The van der Waals surface area contributed by atoms with E-state index < -0.39 is 10.0 Å². The van der Waals surface area contributed by atoms with Crippen molar-refractivity contribution in [2.45, 2.75) is 6.54 Å². The summed E-state index contributed by atoms with van der Waals surface area (Å²) in [5, 5.41) is 11.1. The molecule has 1 saturated heterocycles. The number of sulfonamides is 1. The number of likely N-dealkylation sites (N-methyl/N-ethyl adjacent to an activating group) is 1. The molecule has 0 atom stereocenters. The lowest BCUT2D eigenvalue weighted by atomic mass is 10.1. The van der Waals surface area contributed by atoms with Crippen LogP contribution in [0, 0.1) is 0 Å². The summed E-state index contributed by atoms with van der Waals surface area (Å²) in [7, 11) is -1.51. The van der Waals surface area contributed by atoms with Crippen LogP contribution in [0.1, 0.15) is 16.1 Å². The zero-order valence-corrected chi connectivity index (χ0v) is 18.7. The molecule has 0 bridgehead atoms. The number of benzene rings is 2. The van der Waals surface area contributed by atoms with Gasteiger partial charge < -0.3 is 10.2 Å². The smallest absolute Gasteiger partial charge is 0.276 e. The number of H-pyrrole nitrogens is 1. The predicted octanol–water partition coefficient (Wildman–Crippen LogP) is 2.45. The number of piperazine rings is 1. The minimum Gasteiger partial charge on any atom is -0.321 e. The Labute approximate surface area is 187 Å². The number of fused-ring (bicyclic) bond motifs is 1. The normalized spacial score (nSPS) is 15.5. The lowest BCUT2D eigenvalue weighted by molar-refractivity contribution is 0.102. The summed E-state index contributed by atoms with van der Waals surface area (Å²) in [4.78, 5) is 17.6. The predicted molar refractivity (Wildman–Crippen MR) is 126 cm³/mol. The lowest BCUT2D eigenvalue weighted by Gasteiger charge is -2.32. The summed E-state index contributed by atoms with van der Waals surface area (Å²) >= 11 is 0. The minimum atomic E-state index is -3.65. The van der Waals surface area contributed by atoms with Gasteiger partial charge in [0.1, 0.15) is 0 Å². The number of carbonyl (C=O) groups is 1. The Balaban J connectivity index is 1.44. The van der Waals surface area contributed by atoms with Crippen molar-refractivity contribution in [3.05, 3.63) is 65.7 Å². The second-order valence-electron chi connectivity index (χ2n) is 7.88. The van der Waals surface area contributed by atoms with E-state index >= 15 is 0 Å². The zero-order valence-electron chi connectivity index (χ0n) is 17.8. The van der Waals surface area contributed by atoms with Crippen molar-refractivity contribution in [1.82, 2.24) is 20.0 Å². The molecule has 1 amide bonds. The third-order valence-electron chi connectivity index (χ3n) is 5.47. The highest BCUT2D eigenvalue weighted by Crippen LogP contribution is 2.23. The van der Waals surface area contributed by atoms with Gasteiger partial charge in [-0.2, -0.15) is 5.10 Å². The average Bonchev–Trinajstić information content (AvgIpc) is 3.20. The van der Waals surface area contributed by atoms with E-state index in [1.807, 2.05) is 24.3 Å².